The maximum atomic E-state index is 4.40. The van der Waals surface area contributed by atoms with E-state index in [1.165, 1.54) is 4.88 Å². The van der Waals surface area contributed by atoms with Gasteiger partial charge in [-0.05, 0) is 26.0 Å². The number of aryl methyl sites for hydroxylation is 2. The SMILES string of the molecule is Cc1cccc(-c2ncc(C)s2)n1. The van der Waals surface area contributed by atoms with Gasteiger partial charge < -0.3 is 0 Å². The van der Waals surface area contributed by atoms with Crippen molar-refractivity contribution in [2.24, 2.45) is 0 Å². The predicted octanol–water partition coefficient (Wildman–Crippen LogP) is 2.82. The molecular formula is C10H10N2S. The van der Waals surface area contributed by atoms with E-state index in [2.05, 4.69) is 16.9 Å². The third-order valence-corrected chi connectivity index (χ3v) is 2.66. The van der Waals surface area contributed by atoms with Crippen LogP contribution >= 0.6 is 11.3 Å². The summed E-state index contributed by atoms with van der Waals surface area (Å²) < 4.78 is 0. The van der Waals surface area contributed by atoms with Gasteiger partial charge >= 0.3 is 0 Å². The molecule has 0 aromatic carbocycles. The molecule has 0 fully saturated rings. The predicted molar refractivity (Wildman–Crippen MR) is 54.8 cm³/mol. The summed E-state index contributed by atoms with van der Waals surface area (Å²) in [4.78, 5) is 9.91. The van der Waals surface area contributed by atoms with Crippen LogP contribution in [0.5, 0.6) is 0 Å². The Hall–Kier alpha value is -1.22. The number of thiazole rings is 1. The Bertz CT molecular complexity index is 420. The highest BCUT2D eigenvalue weighted by molar-refractivity contribution is 7.14. The van der Waals surface area contributed by atoms with Gasteiger partial charge in [-0.25, -0.2) is 4.98 Å². The number of nitrogens with zero attached hydrogens (tertiary/aromatic N) is 2. The smallest absolute Gasteiger partial charge is 0.142 e. The first kappa shape index (κ1) is 8.38. The molecule has 66 valence electrons. The maximum absolute atomic E-state index is 4.40. The summed E-state index contributed by atoms with van der Waals surface area (Å²) in [5, 5.41) is 1.00. The second-order valence-electron chi connectivity index (χ2n) is 2.94. The van der Waals surface area contributed by atoms with Crippen LogP contribution in [-0.2, 0) is 0 Å². The monoisotopic (exact) mass is 190 g/mol. The van der Waals surface area contributed by atoms with E-state index in [-0.39, 0.29) is 0 Å². The van der Waals surface area contributed by atoms with Gasteiger partial charge in [0.25, 0.3) is 0 Å². The molecule has 0 aliphatic rings. The van der Waals surface area contributed by atoms with Crippen molar-refractivity contribution >= 4 is 11.3 Å². The molecule has 0 aliphatic carbocycles. The largest absolute Gasteiger partial charge is 0.251 e. The fourth-order valence-corrected chi connectivity index (χ4v) is 1.87. The standard InChI is InChI=1S/C10H10N2S/c1-7-4-3-5-9(12-7)10-11-6-8(2)13-10/h3-6H,1-2H3. The number of pyridine rings is 1. The Morgan fingerprint density at radius 1 is 1.23 bits per heavy atom. The van der Waals surface area contributed by atoms with E-state index in [0.717, 1.165) is 16.4 Å². The normalized spacial score (nSPS) is 10.3. The van der Waals surface area contributed by atoms with Crippen molar-refractivity contribution in [3.63, 3.8) is 0 Å². The van der Waals surface area contributed by atoms with Crippen molar-refractivity contribution in [1.82, 2.24) is 9.97 Å². The average molecular weight is 190 g/mol. The van der Waals surface area contributed by atoms with Crippen LogP contribution in [0.15, 0.2) is 24.4 Å². The summed E-state index contributed by atoms with van der Waals surface area (Å²) in [6, 6.07) is 5.99. The Morgan fingerprint density at radius 2 is 2.08 bits per heavy atom. The fourth-order valence-electron chi connectivity index (χ4n) is 1.14. The molecule has 0 N–H and O–H groups in total. The van der Waals surface area contributed by atoms with Crippen molar-refractivity contribution in [1.29, 1.82) is 0 Å². The molecule has 13 heavy (non-hydrogen) atoms. The zero-order valence-electron chi connectivity index (χ0n) is 7.61. The van der Waals surface area contributed by atoms with Crippen molar-refractivity contribution < 1.29 is 0 Å². The van der Waals surface area contributed by atoms with Gasteiger partial charge in [0.1, 0.15) is 5.01 Å². The van der Waals surface area contributed by atoms with Crippen molar-refractivity contribution in [3.05, 3.63) is 35.0 Å². The number of aromatic nitrogens is 2. The molecule has 0 radical (unpaired) electrons. The molecule has 2 rings (SSSR count). The van der Waals surface area contributed by atoms with E-state index in [9.17, 15) is 0 Å². The topological polar surface area (TPSA) is 25.8 Å². The Balaban J connectivity index is 2.46. The van der Waals surface area contributed by atoms with Crippen LogP contribution in [0.3, 0.4) is 0 Å². The van der Waals surface area contributed by atoms with Crippen LogP contribution in [-0.4, -0.2) is 9.97 Å². The van der Waals surface area contributed by atoms with Gasteiger partial charge in [-0.1, -0.05) is 6.07 Å². The van der Waals surface area contributed by atoms with Gasteiger partial charge in [-0.3, -0.25) is 4.98 Å². The van der Waals surface area contributed by atoms with Gasteiger partial charge in [-0.2, -0.15) is 0 Å². The average Bonchev–Trinajstić information content (AvgIpc) is 2.52. The van der Waals surface area contributed by atoms with E-state index in [4.69, 9.17) is 0 Å². The van der Waals surface area contributed by atoms with E-state index in [1.807, 2.05) is 31.3 Å². The van der Waals surface area contributed by atoms with Crippen molar-refractivity contribution in [2.75, 3.05) is 0 Å². The highest BCUT2D eigenvalue weighted by Crippen LogP contribution is 2.22. The van der Waals surface area contributed by atoms with Crippen molar-refractivity contribution in [2.45, 2.75) is 13.8 Å². The van der Waals surface area contributed by atoms with Gasteiger partial charge in [0.15, 0.2) is 0 Å². The summed E-state index contributed by atoms with van der Waals surface area (Å²) in [7, 11) is 0. The highest BCUT2D eigenvalue weighted by atomic mass is 32.1. The lowest BCUT2D eigenvalue weighted by atomic mass is 10.3. The molecule has 0 unspecified atom stereocenters. The Kier molecular flexibility index (Phi) is 2.10. The van der Waals surface area contributed by atoms with E-state index in [1.54, 1.807) is 11.3 Å². The molecule has 2 aromatic rings. The molecule has 0 amide bonds. The zero-order valence-corrected chi connectivity index (χ0v) is 8.43. The summed E-state index contributed by atoms with van der Waals surface area (Å²) in [5.74, 6) is 0. The summed E-state index contributed by atoms with van der Waals surface area (Å²) in [6.07, 6.45) is 1.88. The van der Waals surface area contributed by atoms with Gasteiger partial charge in [0, 0.05) is 16.8 Å². The van der Waals surface area contributed by atoms with E-state index in [0.29, 0.717) is 0 Å². The molecule has 2 aromatic heterocycles. The molecule has 2 heterocycles. The lowest BCUT2D eigenvalue weighted by Gasteiger charge is -1.95. The first-order chi connectivity index (χ1) is 6.25. The number of rotatable bonds is 1. The van der Waals surface area contributed by atoms with E-state index < -0.39 is 0 Å². The lowest BCUT2D eigenvalue weighted by Crippen LogP contribution is -1.84. The highest BCUT2D eigenvalue weighted by Gasteiger charge is 2.02. The molecule has 3 heteroatoms. The molecule has 0 spiro atoms. The molecular weight excluding hydrogens is 180 g/mol. The number of hydrogen-bond acceptors (Lipinski definition) is 3. The second-order valence-corrected chi connectivity index (χ2v) is 4.18. The van der Waals surface area contributed by atoms with Crippen LogP contribution < -0.4 is 0 Å². The Morgan fingerprint density at radius 3 is 2.69 bits per heavy atom. The number of hydrogen-bond donors (Lipinski definition) is 0. The first-order valence-electron chi connectivity index (χ1n) is 4.12. The quantitative estimate of drug-likeness (QED) is 0.691. The molecule has 0 saturated heterocycles. The van der Waals surface area contributed by atoms with Gasteiger partial charge in [0.05, 0.1) is 5.69 Å². The third-order valence-electron chi connectivity index (χ3n) is 1.73. The maximum Gasteiger partial charge on any atom is 0.142 e. The Labute approximate surface area is 81.3 Å². The summed E-state index contributed by atoms with van der Waals surface area (Å²) in [6.45, 7) is 4.04. The molecule has 0 saturated carbocycles. The third kappa shape index (κ3) is 1.75. The van der Waals surface area contributed by atoms with Crippen LogP contribution in [0.1, 0.15) is 10.6 Å². The van der Waals surface area contributed by atoms with Crippen molar-refractivity contribution in [3.8, 4) is 10.7 Å². The summed E-state index contributed by atoms with van der Waals surface area (Å²) >= 11 is 1.68. The summed E-state index contributed by atoms with van der Waals surface area (Å²) in [5.41, 5.74) is 2.00. The van der Waals surface area contributed by atoms with Crippen LogP contribution in [0, 0.1) is 13.8 Å². The second kappa shape index (κ2) is 3.26. The lowest BCUT2D eigenvalue weighted by molar-refractivity contribution is 1.19. The fraction of sp³-hybridized carbons (Fsp3) is 0.200. The molecule has 0 bridgehead atoms. The minimum atomic E-state index is 0.970. The minimum Gasteiger partial charge on any atom is -0.251 e. The van der Waals surface area contributed by atoms with E-state index >= 15 is 0 Å². The molecule has 2 nitrogen and oxygen atoms in total. The molecule has 0 atom stereocenters. The molecule has 0 aliphatic heterocycles. The van der Waals surface area contributed by atoms with Gasteiger partial charge in [-0.15, -0.1) is 11.3 Å². The van der Waals surface area contributed by atoms with Gasteiger partial charge in [0.2, 0.25) is 0 Å². The first-order valence-corrected chi connectivity index (χ1v) is 4.94. The minimum absolute atomic E-state index is 0.970. The van der Waals surface area contributed by atoms with Crippen LogP contribution in [0.2, 0.25) is 0 Å². The van der Waals surface area contributed by atoms with Crippen LogP contribution in [0.4, 0.5) is 0 Å². The zero-order chi connectivity index (χ0) is 9.26. The van der Waals surface area contributed by atoms with Crippen LogP contribution in [0.25, 0.3) is 10.7 Å².